The van der Waals surface area contributed by atoms with Crippen LogP contribution in [0.5, 0.6) is 0 Å². The molecule has 0 spiro atoms. The molecule has 0 saturated heterocycles. The van der Waals surface area contributed by atoms with Crippen molar-refractivity contribution in [2.24, 2.45) is 0 Å². The Kier molecular flexibility index (Phi) is 5.61. The maximum Gasteiger partial charge on any atom is 0.240 e. The standard InChI is InChI=1S/C12H20N2O2S/c1-3-9-13-10-11-5-7-12(8-6-11)17(15,16)14-4-2/h5-8,13-14H,3-4,9-10H2,1-2H3. The molecule has 1 aromatic rings. The minimum absolute atomic E-state index is 0.318. The van der Waals surface area contributed by atoms with Crippen LogP contribution in [-0.4, -0.2) is 21.5 Å². The van der Waals surface area contributed by atoms with Gasteiger partial charge in [0.25, 0.3) is 0 Å². The van der Waals surface area contributed by atoms with Crippen LogP contribution in [0.15, 0.2) is 29.2 Å². The number of rotatable bonds is 7. The van der Waals surface area contributed by atoms with Crippen LogP contribution in [0, 0.1) is 0 Å². The first-order chi connectivity index (χ1) is 8.10. The van der Waals surface area contributed by atoms with Gasteiger partial charge in [0.2, 0.25) is 10.0 Å². The second kappa shape index (κ2) is 6.74. The summed E-state index contributed by atoms with van der Waals surface area (Å²) in [6, 6.07) is 6.96. The number of hydrogen-bond acceptors (Lipinski definition) is 3. The molecule has 17 heavy (non-hydrogen) atoms. The van der Waals surface area contributed by atoms with E-state index in [1.807, 2.05) is 12.1 Å². The molecule has 0 saturated carbocycles. The van der Waals surface area contributed by atoms with Crippen molar-refractivity contribution in [3.05, 3.63) is 29.8 Å². The lowest BCUT2D eigenvalue weighted by Crippen LogP contribution is -2.23. The topological polar surface area (TPSA) is 58.2 Å². The molecule has 0 aliphatic carbocycles. The minimum atomic E-state index is -3.32. The first-order valence-corrected chi connectivity index (χ1v) is 7.37. The lowest BCUT2D eigenvalue weighted by Gasteiger charge is -2.06. The number of hydrogen-bond donors (Lipinski definition) is 2. The fourth-order valence-corrected chi connectivity index (χ4v) is 2.51. The predicted octanol–water partition coefficient (Wildman–Crippen LogP) is 1.48. The van der Waals surface area contributed by atoms with Gasteiger partial charge in [0.15, 0.2) is 0 Å². The van der Waals surface area contributed by atoms with Gasteiger partial charge >= 0.3 is 0 Å². The molecule has 0 aromatic heterocycles. The number of benzene rings is 1. The van der Waals surface area contributed by atoms with E-state index < -0.39 is 10.0 Å². The summed E-state index contributed by atoms with van der Waals surface area (Å²) in [5, 5.41) is 3.27. The first kappa shape index (κ1) is 14.2. The lowest BCUT2D eigenvalue weighted by atomic mass is 10.2. The van der Waals surface area contributed by atoms with Gasteiger partial charge in [-0.2, -0.15) is 0 Å². The second-order valence-corrected chi connectivity index (χ2v) is 5.59. The Bertz CT molecular complexity index is 426. The molecule has 0 unspecified atom stereocenters. The largest absolute Gasteiger partial charge is 0.313 e. The van der Waals surface area contributed by atoms with Crippen LogP contribution in [0.1, 0.15) is 25.8 Å². The van der Waals surface area contributed by atoms with E-state index in [2.05, 4.69) is 17.0 Å². The van der Waals surface area contributed by atoms with Gasteiger partial charge in [0, 0.05) is 13.1 Å². The molecule has 0 heterocycles. The van der Waals surface area contributed by atoms with Crippen LogP contribution in [0.3, 0.4) is 0 Å². The molecular formula is C12H20N2O2S. The second-order valence-electron chi connectivity index (χ2n) is 3.82. The Labute approximate surface area is 103 Å². The molecule has 0 aliphatic rings. The molecule has 0 bridgehead atoms. The molecule has 96 valence electrons. The van der Waals surface area contributed by atoms with Crippen molar-refractivity contribution in [1.82, 2.24) is 10.0 Å². The highest BCUT2D eigenvalue weighted by atomic mass is 32.2. The van der Waals surface area contributed by atoms with Crippen LogP contribution < -0.4 is 10.0 Å². The van der Waals surface area contributed by atoms with Gasteiger partial charge < -0.3 is 5.32 Å². The lowest BCUT2D eigenvalue weighted by molar-refractivity contribution is 0.584. The van der Waals surface area contributed by atoms with Crippen LogP contribution in [0.2, 0.25) is 0 Å². The summed E-state index contributed by atoms with van der Waals surface area (Å²) in [7, 11) is -3.32. The third-order valence-corrected chi connectivity index (χ3v) is 3.89. The Morgan fingerprint density at radius 2 is 1.76 bits per heavy atom. The fraction of sp³-hybridized carbons (Fsp3) is 0.500. The van der Waals surface area contributed by atoms with Gasteiger partial charge in [0.1, 0.15) is 0 Å². The van der Waals surface area contributed by atoms with E-state index >= 15 is 0 Å². The molecule has 5 heteroatoms. The zero-order valence-electron chi connectivity index (χ0n) is 10.4. The fourth-order valence-electron chi connectivity index (χ4n) is 1.47. The summed E-state index contributed by atoms with van der Waals surface area (Å²) in [5.41, 5.74) is 1.09. The normalized spacial score (nSPS) is 11.6. The van der Waals surface area contributed by atoms with Crippen molar-refractivity contribution in [2.75, 3.05) is 13.1 Å². The van der Waals surface area contributed by atoms with Crippen molar-refractivity contribution in [3.8, 4) is 0 Å². The molecule has 0 fully saturated rings. The Hall–Kier alpha value is -0.910. The zero-order valence-corrected chi connectivity index (χ0v) is 11.2. The van der Waals surface area contributed by atoms with Gasteiger partial charge in [-0.3, -0.25) is 0 Å². The van der Waals surface area contributed by atoms with E-state index in [0.717, 1.165) is 25.1 Å². The quantitative estimate of drug-likeness (QED) is 0.727. The van der Waals surface area contributed by atoms with E-state index in [4.69, 9.17) is 0 Å². The maximum absolute atomic E-state index is 11.7. The smallest absolute Gasteiger partial charge is 0.240 e. The molecule has 0 radical (unpaired) electrons. The van der Waals surface area contributed by atoms with Crippen molar-refractivity contribution < 1.29 is 8.42 Å². The van der Waals surface area contributed by atoms with Gasteiger partial charge in [-0.05, 0) is 30.7 Å². The van der Waals surface area contributed by atoms with Crippen molar-refractivity contribution in [3.63, 3.8) is 0 Å². The monoisotopic (exact) mass is 256 g/mol. The summed E-state index contributed by atoms with van der Waals surface area (Å²) in [4.78, 5) is 0.318. The van der Waals surface area contributed by atoms with E-state index in [1.165, 1.54) is 0 Å². The average Bonchev–Trinajstić information content (AvgIpc) is 2.30. The van der Waals surface area contributed by atoms with Crippen LogP contribution in [-0.2, 0) is 16.6 Å². The molecule has 0 atom stereocenters. The summed E-state index contributed by atoms with van der Waals surface area (Å²) in [6.07, 6.45) is 1.09. The molecule has 0 amide bonds. The molecule has 0 aliphatic heterocycles. The minimum Gasteiger partial charge on any atom is -0.313 e. The van der Waals surface area contributed by atoms with Gasteiger partial charge in [-0.1, -0.05) is 26.0 Å². The first-order valence-electron chi connectivity index (χ1n) is 5.89. The summed E-state index contributed by atoms with van der Waals surface area (Å²) in [5.74, 6) is 0. The van der Waals surface area contributed by atoms with E-state index in [0.29, 0.717) is 11.4 Å². The predicted molar refractivity (Wildman–Crippen MR) is 69.3 cm³/mol. The Morgan fingerprint density at radius 1 is 1.12 bits per heavy atom. The highest BCUT2D eigenvalue weighted by Gasteiger charge is 2.11. The molecule has 1 rings (SSSR count). The highest BCUT2D eigenvalue weighted by molar-refractivity contribution is 7.89. The van der Waals surface area contributed by atoms with Crippen LogP contribution in [0.25, 0.3) is 0 Å². The van der Waals surface area contributed by atoms with Gasteiger partial charge in [-0.15, -0.1) is 0 Å². The molecular weight excluding hydrogens is 236 g/mol. The van der Waals surface area contributed by atoms with E-state index in [-0.39, 0.29) is 0 Å². The number of nitrogens with one attached hydrogen (secondary N) is 2. The third kappa shape index (κ3) is 4.46. The van der Waals surface area contributed by atoms with Gasteiger partial charge in [-0.25, -0.2) is 13.1 Å². The van der Waals surface area contributed by atoms with Crippen molar-refractivity contribution >= 4 is 10.0 Å². The maximum atomic E-state index is 11.7. The van der Waals surface area contributed by atoms with E-state index in [1.54, 1.807) is 19.1 Å². The van der Waals surface area contributed by atoms with E-state index in [9.17, 15) is 8.42 Å². The average molecular weight is 256 g/mol. The van der Waals surface area contributed by atoms with Crippen LogP contribution in [0.4, 0.5) is 0 Å². The Morgan fingerprint density at radius 3 is 2.29 bits per heavy atom. The SMILES string of the molecule is CCCNCc1ccc(S(=O)(=O)NCC)cc1. The molecule has 2 N–H and O–H groups in total. The number of sulfonamides is 1. The highest BCUT2D eigenvalue weighted by Crippen LogP contribution is 2.10. The summed E-state index contributed by atoms with van der Waals surface area (Å²) in [6.45, 7) is 6.02. The van der Waals surface area contributed by atoms with Crippen molar-refractivity contribution in [1.29, 1.82) is 0 Å². The molecule has 1 aromatic carbocycles. The molecule has 4 nitrogen and oxygen atoms in total. The van der Waals surface area contributed by atoms with Gasteiger partial charge in [0.05, 0.1) is 4.90 Å². The summed E-state index contributed by atoms with van der Waals surface area (Å²) < 4.78 is 25.8. The third-order valence-electron chi connectivity index (χ3n) is 2.32. The van der Waals surface area contributed by atoms with Crippen molar-refractivity contribution in [2.45, 2.75) is 31.7 Å². The summed E-state index contributed by atoms with van der Waals surface area (Å²) >= 11 is 0. The zero-order chi connectivity index (χ0) is 12.7. The Balaban J connectivity index is 2.68. The van der Waals surface area contributed by atoms with Crippen LogP contribution >= 0.6 is 0 Å².